The van der Waals surface area contributed by atoms with Gasteiger partial charge in [-0.1, -0.05) is 6.92 Å². The zero-order chi connectivity index (χ0) is 15.1. The Bertz CT molecular complexity index is 495. The minimum Gasteiger partial charge on any atom is -0.488 e. The van der Waals surface area contributed by atoms with E-state index < -0.39 is 22.8 Å². The molecule has 110 valence electrons. The lowest BCUT2D eigenvalue weighted by Gasteiger charge is -2.16. The molecule has 8 heteroatoms. The van der Waals surface area contributed by atoms with Crippen molar-refractivity contribution in [2.24, 2.45) is 0 Å². The Kier molecular flexibility index (Phi) is 5.85. The van der Waals surface area contributed by atoms with Crippen molar-refractivity contribution in [1.29, 1.82) is 0 Å². The molecular weight excluding hydrogens is 271 g/mol. The molecule has 0 aromatic heterocycles. The summed E-state index contributed by atoms with van der Waals surface area (Å²) in [5.74, 6) is -1.56. The van der Waals surface area contributed by atoms with Crippen LogP contribution >= 0.6 is 0 Å². The van der Waals surface area contributed by atoms with Gasteiger partial charge in [-0.15, -0.1) is 0 Å². The maximum Gasteiger partial charge on any atom is 0.326 e. The third kappa shape index (κ3) is 4.16. The van der Waals surface area contributed by atoms with Crippen molar-refractivity contribution in [3.8, 4) is 5.75 Å². The van der Waals surface area contributed by atoms with Crippen molar-refractivity contribution in [2.45, 2.75) is 13.0 Å². The third-order valence-electron chi connectivity index (χ3n) is 2.47. The van der Waals surface area contributed by atoms with Crippen LogP contribution in [0.25, 0.3) is 0 Å². The largest absolute Gasteiger partial charge is 0.488 e. The van der Waals surface area contributed by atoms with Crippen LogP contribution in [0, 0.1) is 15.9 Å². The summed E-state index contributed by atoms with van der Waals surface area (Å²) in [4.78, 5) is 21.2. The number of ether oxygens (including phenoxy) is 2. The van der Waals surface area contributed by atoms with E-state index in [1.807, 2.05) is 0 Å². The molecule has 0 aliphatic heterocycles. The van der Waals surface area contributed by atoms with E-state index in [1.165, 1.54) is 7.11 Å². The second kappa shape index (κ2) is 7.39. The van der Waals surface area contributed by atoms with Crippen LogP contribution in [0.1, 0.15) is 6.92 Å². The van der Waals surface area contributed by atoms with Crippen LogP contribution in [-0.2, 0) is 9.53 Å². The number of nitro benzene ring substituents is 1. The van der Waals surface area contributed by atoms with Crippen molar-refractivity contribution in [2.75, 3.05) is 20.3 Å². The van der Waals surface area contributed by atoms with E-state index in [4.69, 9.17) is 4.74 Å². The van der Waals surface area contributed by atoms with E-state index in [-0.39, 0.29) is 18.0 Å². The van der Waals surface area contributed by atoms with Crippen molar-refractivity contribution < 1.29 is 23.6 Å². The molecule has 0 spiro atoms. The van der Waals surface area contributed by atoms with Crippen LogP contribution in [0.15, 0.2) is 18.2 Å². The number of methoxy groups -OCH3 is 1. The lowest BCUT2D eigenvalue weighted by Crippen LogP contribution is -2.42. The standard InChI is InChI=1S/C12H15FN2O5/c1-3-14-10(12(16)19-2)7-20-11-5-4-8(15(17)18)6-9(11)13/h4-6,10,14H,3,7H2,1-2H3. The number of nitrogens with one attached hydrogen (secondary N) is 1. The first kappa shape index (κ1) is 15.8. The normalized spacial score (nSPS) is 11.8. The number of benzene rings is 1. The van der Waals surface area contributed by atoms with Gasteiger partial charge in [0.1, 0.15) is 12.6 Å². The summed E-state index contributed by atoms with van der Waals surface area (Å²) < 4.78 is 23.3. The zero-order valence-corrected chi connectivity index (χ0v) is 11.1. The van der Waals surface area contributed by atoms with E-state index in [1.54, 1.807) is 6.92 Å². The number of rotatable bonds is 7. The monoisotopic (exact) mass is 286 g/mol. The number of esters is 1. The Morgan fingerprint density at radius 2 is 2.25 bits per heavy atom. The first-order valence-electron chi connectivity index (χ1n) is 5.87. The molecule has 0 heterocycles. The fraction of sp³-hybridized carbons (Fsp3) is 0.417. The van der Waals surface area contributed by atoms with E-state index >= 15 is 0 Å². The highest BCUT2D eigenvalue weighted by Crippen LogP contribution is 2.22. The number of hydrogen-bond donors (Lipinski definition) is 1. The van der Waals surface area contributed by atoms with Crippen molar-refractivity contribution >= 4 is 11.7 Å². The summed E-state index contributed by atoms with van der Waals surface area (Å²) in [7, 11) is 1.24. The van der Waals surface area contributed by atoms with Crippen LogP contribution in [0.5, 0.6) is 5.75 Å². The van der Waals surface area contributed by atoms with Gasteiger partial charge in [0.2, 0.25) is 0 Å². The van der Waals surface area contributed by atoms with Crippen molar-refractivity contribution in [1.82, 2.24) is 5.32 Å². The molecule has 1 aromatic carbocycles. The molecule has 1 atom stereocenters. The molecule has 0 bridgehead atoms. The second-order valence-electron chi connectivity index (χ2n) is 3.82. The molecule has 1 aromatic rings. The van der Waals surface area contributed by atoms with Gasteiger partial charge in [0.25, 0.3) is 5.69 Å². The lowest BCUT2D eigenvalue weighted by molar-refractivity contribution is -0.385. The molecular formula is C12H15FN2O5. The molecule has 1 N–H and O–H groups in total. The first-order chi connectivity index (χ1) is 9.49. The number of carbonyl (C=O) groups excluding carboxylic acids is 1. The number of likely N-dealkylation sites (N-methyl/N-ethyl adjacent to an activating group) is 1. The van der Waals surface area contributed by atoms with Gasteiger partial charge in [0.15, 0.2) is 11.6 Å². The summed E-state index contributed by atoms with van der Waals surface area (Å²) >= 11 is 0. The summed E-state index contributed by atoms with van der Waals surface area (Å²) in [6.45, 7) is 2.16. The Morgan fingerprint density at radius 1 is 1.55 bits per heavy atom. The average Bonchev–Trinajstić information content (AvgIpc) is 2.43. The Hall–Kier alpha value is -2.22. The molecule has 1 rings (SSSR count). The Labute approximate surface area is 114 Å². The summed E-state index contributed by atoms with van der Waals surface area (Å²) in [5, 5.41) is 13.3. The molecule has 1 unspecified atom stereocenters. The zero-order valence-electron chi connectivity index (χ0n) is 11.1. The highest BCUT2D eigenvalue weighted by molar-refractivity contribution is 5.75. The lowest BCUT2D eigenvalue weighted by atomic mass is 10.3. The second-order valence-corrected chi connectivity index (χ2v) is 3.82. The van der Waals surface area contributed by atoms with E-state index in [2.05, 4.69) is 10.1 Å². The van der Waals surface area contributed by atoms with Gasteiger partial charge in [-0.05, 0) is 12.6 Å². The summed E-state index contributed by atoms with van der Waals surface area (Å²) in [6, 6.07) is 2.29. The molecule has 0 saturated heterocycles. The molecule has 0 saturated carbocycles. The number of carbonyl (C=O) groups is 1. The van der Waals surface area contributed by atoms with Gasteiger partial charge in [0.05, 0.1) is 18.1 Å². The number of nitrogens with zero attached hydrogens (tertiary/aromatic N) is 1. The van der Waals surface area contributed by atoms with Crippen LogP contribution in [0.3, 0.4) is 0 Å². The molecule has 0 radical (unpaired) electrons. The quantitative estimate of drug-likeness (QED) is 0.461. The van der Waals surface area contributed by atoms with Crippen LogP contribution in [0.4, 0.5) is 10.1 Å². The van der Waals surface area contributed by atoms with E-state index in [0.29, 0.717) is 6.54 Å². The molecule has 0 aliphatic rings. The van der Waals surface area contributed by atoms with E-state index in [9.17, 15) is 19.3 Å². The maximum atomic E-state index is 13.6. The fourth-order valence-electron chi connectivity index (χ4n) is 1.49. The predicted molar refractivity (Wildman–Crippen MR) is 68.0 cm³/mol. The first-order valence-corrected chi connectivity index (χ1v) is 5.87. The van der Waals surface area contributed by atoms with Crippen LogP contribution in [-0.4, -0.2) is 37.2 Å². The Morgan fingerprint density at radius 3 is 2.75 bits per heavy atom. The van der Waals surface area contributed by atoms with Crippen LogP contribution < -0.4 is 10.1 Å². The smallest absolute Gasteiger partial charge is 0.326 e. The fourth-order valence-corrected chi connectivity index (χ4v) is 1.49. The predicted octanol–water partition coefficient (Wildman–Crippen LogP) is 1.26. The average molecular weight is 286 g/mol. The summed E-state index contributed by atoms with van der Waals surface area (Å²) in [6.07, 6.45) is 0. The van der Waals surface area contributed by atoms with Crippen LogP contribution in [0.2, 0.25) is 0 Å². The number of halogens is 1. The SMILES string of the molecule is CCNC(COc1ccc([N+](=O)[O-])cc1F)C(=O)OC. The number of nitro groups is 1. The molecule has 7 nitrogen and oxygen atoms in total. The van der Waals surface area contributed by atoms with Gasteiger partial charge < -0.3 is 14.8 Å². The van der Waals surface area contributed by atoms with Crippen molar-refractivity contribution in [3.63, 3.8) is 0 Å². The van der Waals surface area contributed by atoms with Crippen molar-refractivity contribution in [3.05, 3.63) is 34.1 Å². The topological polar surface area (TPSA) is 90.7 Å². The number of non-ortho nitro benzene ring substituents is 1. The highest BCUT2D eigenvalue weighted by atomic mass is 19.1. The van der Waals surface area contributed by atoms with Gasteiger partial charge in [-0.25, -0.2) is 4.39 Å². The van der Waals surface area contributed by atoms with Gasteiger partial charge in [-0.3, -0.25) is 14.9 Å². The number of hydrogen-bond acceptors (Lipinski definition) is 6. The Balaban J connectivity index is 2.73. The van der Waals surface area contributed by atoms with E-state index in [0.717, 1.165) is 18.2 Å². The van der Waals surface area contributed by atoms with Gasteiger partial charge >= 0.3 is 5.97 Å². The maximum absolute atomic E-state index is 13.6. The molecule has 0 fully saturated rings. The third-order valence-corrected chi connectivity index (χ3v) is 2.47. The van der Waals surface area contributed by atoms with Gasteiger partial charge in [-0.2, -0.15) is 0 Å². The minimum absolute atomic E-state index is 0.144. The summed E-state index contributed by atoms with van der Waals surface area (Å²) in [5.41, 5.74) is -0.369. The molecule has 0 aliphatic carbocycles. The molecule has 20 heavy (non-hydrogen) atoms. The van der Waals surface area contributed by atoms with Gasteiger partial charge in [0, 0.05) is 6.07 Å². The highest BCUT2D eigenvalue weighted by Gasteiger charge is 2.20. The molecule has 0 amide bonds. The minimum atomic E-state index is -0.862.